The van der Waals surface area contributed by atoms with Gasteiger partial charge in [-0.2, -0.15) is 0 Å². The van der Waals surface area contributed by atoms with Gasteiger partial charge in [-0.05, 0) is 35.4 Å². The highest BCUT2D eigenvalue weighted by atomic mass is 16.5. The van der Waals surface area contributed by atoms with Gasteiger partial charge in [0.1, 0.15) is 5.75 Å². The summed E-state index contributed by atoms with van der Waals surface area (Å²) in [6, 6.07) is 25.6. The van der Waals surface area contributed by atoms with Crippen molar-refractivity contribution < 1.29 is 9.15 Å². The van der Waals surface area contributed by atoms with Gasteiger partial charge in [0.2, 0.25) is 5.88 Å². The van der Waals surface area contributed by atoms with Crippen LogP contribution in [0, 0.1) is 0 Å². The third-order valence-corrected chi connectivity index (χ3v) is 5.59. The highest BCUT2D eigenvalue weighted by molar-refractivity contribution is 6.10. The molecule has 5 aromatic rings. The van der Waals surface area contributed by atoms with E-state index in [9.17, 15) is 4.79 Å². The maximum absolute atomic E-state index is 13.4. The third-order valence-electron chi connectivity index (χ3n) is 5.59. The van der Waals surface area contributed by atoms with E-state index in [0.29, 0.717) is 23.4 Å². The van der Waals surface area contributed by atoms with Crippen LogP contribution in [-0.4, -0.2) is 11.7 Å². The first-order valence-electron chi connectivity index (χ1n) is 10.1. The Hall–Kier alpha value is -3.99. The lowest BCUT2D eigenvalue weighted by molar-refractivity contribution is 0.415. The summed E-state index contributed by atoms with van der Waals surface area (Å²) in [6.45, 7) is 0.579. The number of nitrogens with one attached hydrogen (secondary N) is 1. The summed E-state index contributed by atoms with van der Waals surface area (Å²) in [7, 11) is 3.43. The van der Waals surface area contributed by atoms with Crippen LogP contribution in [0.4, 0.5) is 5.88 Å². The molecule has 0 saturated heterocycles. The van der Waals surface area contributed by atoms with Gasteiger partial charge in [-0.1, -0.05) is 54.6 Å². The van der Waals surface area contributed by atoms with E-state index in [2.05, 4.69) is 17.4 Å². The topological polar surface area (TPSA) is 56.4 Å². The molecule has 31 heavy (non-hydrogen) atoms. The van der Waals surface area contributed by atoms with E-state index in [0.717, 1.165) is 33.3 Å². The zero-order chi connectivity index (χ0) is 21.4. The van der Waals surface area contributed by atoms with Crippen molar-refractivity contribution in [3.8, 4) is 16.9 Å². The number of rotatable bonds is 5. The Labute approximate surface area is 179 Å². The molecule has 5 heteroatoms. The number of furan rings is 1. The molecular formula is C26H22N2O3. The van der Waals surface area contributed by atoms with Crippen LogP contribution in [-0.2, 0) is 13.6 Å². The molecule has 0 aliphatic rings. The molecular weight excluding hydrogens is 388 g/mol. The molecule has 0 saturated carbocycles. The van der Waals surface area contributed by atoms with E-state index >= 15 is 0 Å². The smallest absolute Gasteiger partial charge is 0.262 e. The molecule has 0 radical (unpaired) electrons. The molecule has 2 heterocycles. The van der Waals surface area contributed by atoms with Crippen molar-refractivity contribution in [3.05, 3.63) is 94.8 Å². The lowest BCUT2D eigenvalue weighted by Gasteiger charge is -2.08. The summed E-state index contributed by atoms with van der Waals surface area (Å²) >= 11 is 0. The number of hydrogen-bond donors (Lipinski definition) is 1. The van der Waals surface area contributed by atoms with Crippen LogP contribution in [0.25, 0.3) is 33.0 Å². The first kappa shape index (κ1) is 19.0. The highest BCUT2D eigenvalue weighted by Crippen LogP contribution is 2.40. The van der Waals surface area contributed by atoms with Gasteiger partial charge in [0.25, 0.3) is 5.56 Å². The number of nitrogens with zero attached hydrogens (tertiary/aromatic N) is 1. The summed E-state index contributed by atoms with van der Waals surface area (Å²) in [6.07, 6.45) is 0. The Balaban J connectivity index is 1.79. The maximum atomic E-state index is 13.4. The number of pyridine rings is 1. The summed E-state index contributed by atoms with van der Waals surface area (Å²) in [5.41, 5.74) is 4.06. The molecule has 154 valence electrons. The Morgan fingerprint density at radius 1 is 0.968 bits per heavy atom. The van der Waals surface area contributed by atoms with Gasteiger partial charge in [0, 0.05) is 19.0 Å². The minimum absolute atomic E-state index is 0.0944. The fourth-order valence-corrected chi connectivity index (χ4v) is 4.02. The van der Waals surface area contributed by atoms with Crippen LogP contribution in [0.2, 0.25) is 0 Å². The highest BCUT2D eigenvalue weighted by Gasteiger charge is 2.22. The van der Waals surface area contributed by atoms with Gasteiger partial charge < -0.3 is 19.0 Å². The van der Waals surface area contributed by atoms with Gasteiger partial charge in [-0.15, -0.1) is 0 Å². The van der Waals surface area contributed by atoms with Crippen LogP contribution in [0.5, 0.6) is 5.75 Å². The van der Waals surface area contributed by atoms with Gasteiger partial charge in [-0.25, -0.2) is 0 Å². The lowest BCUT2D eigenvalue weighted by Crippen LogP contribution is -2.17. The second-order valence-electron chi connectivity index (χ2n) is 7.46. The summed E-state index contributed by atoms with van der Waals surface area (Å²) in [5.74, 6) is 1.29. The number of ether oxygens (including phenoxy) is 1. The predicted molar refractivity (Wildman–Crippen MR) is 125 cm³/mol. The standard InChI is InChI=1S/C26H22N2O3/c1-28-21-14-7-6-13-20(21)24-23(26(28)29)22(18-11-8-12-19(15-18)30-2)25(31-24)27-16-17-9-4-3-5-10-17/h3-15,27H,16H2,1-2H3. The van der Waals surface area contributed by atoms with E-state index in [1.54, 1.807) is 18.7 Å². The van der Waals surface area contributed by atoms with Gasteiger partial charge >= 0.3 is 0 Å². The molecule has 0 unspecified atom stereocenters. The van der Waals surface area contributed by atoms with E-state index in [1.165, 1.54) is 0 Å². The molecule has 0 atom stereocenters. The summed E-state index contributed by atoms with van der Waals surface area (Å²) in [5, 5.41) is 4.87. The Kier molecular flexibility index (Phi) is 4.71. The SMILES string of the molecule is COc1cccc(-c2c(NCc3ccccc3)oc3c2c(=O)n(C)c2ccccc32)c1. The largest absolute Gasteiger partial charge is 0.497 e. The fourth-order valence-electron chi connectivity index (χ4n) is 4.02. The first-order valence-corrected chi connectivity index (χ1v) is 10.1. The maximum Gasteiger partial charge on any atom is 0.262 e. The monoisotopic (exact) mass is 410 g/mol. The van der Waals surface area contributed by atoms with E-state index in [1.807, 2.05) is 66.7 Å². The minimum Gasteiger partial charge on any atom is -0.497 e. The van der Waals surface area contributed by atoms with Crippen molar-refractivity contribution in [2.75, 3.05) is 12.4 Å². The van der Waals surface area contributed by atoms with Crippen LogP contribution >= 0.6 is 0 Å². The average molecular weight is 410 g/mol. The van der Waals surface area contributed by atoms with E-state index in [4.69, 9.17) is 9.15 Å². The second kappa shape index (κ2) is 7.69. The quantitative estimate of drug-likeness (QED) is 0.411. The Bertz CT molecular complexity index is 1450. The van der Waals surface area contributed by atoms with Crippen molar-refractivity contribution in [1.29, 1.82) is 0 Å². The number of hydrogen-bond acceptors (Lipinski definition) is 4. The number of benzene rings is 3. The lowest BCUT2D eigenvalue weighted by atomic mass is 10.0. The van der Waals surface area contributed by atoms with Crippen LogP contribution in [0.1, 0.15) is 5.56 Å². The molecule has 1 N–H and O–H groups in total. The Morgan fingerprint density at radius 3 is 2.55 bits per heavy atom. The van der Waals surface area contributed by atoms with Crippen molar-refractivity contribution in [2.24, 2.45) is 7.05 Å². The number of para-hydroxylation sites is 1. The molecule has 0 amide bonds. The number of anilines is 1. The van der Waals surface area contributed by atoms with Crippen molar-refractivity contribution in [3.63, 3.8) is 0 Å². The molecule has 0 fully saturated rings. The van der Waals surface area contributed by atoms with E-state index in [-0.39, 0.29) is 5.56 Å². The number of aromatic nitrogens is 1. The normalized spacial score (nSPS) is 11.2. The van der Waals surface area contributed by atoms with Gasteiger partial charge in [0.05, 0.1) is 23.6 Å². The second-order valence-corrected chi connectivity index (χ2v) is 7.46. The van der Waals surface area contributed by atoms with Gasteiger partial charge in [0.15, 0.2) is 5.58 Å². The van der Waals surface area contributed by atoms with Crippen LogP contribution in [0.3, 0.4) is 0 Å². The van der Waals surface area contributed by atoms with E-state index < -0.39 is 0 Å². The van der Waals surface area contributed by atoms with Crippen LogP contribution in [0.15, 0.2) is 88.1 Å². The Morgan fingerprint density at radius 2 is 1.74 bits per heavy atom. The molecule has 2 aromatic heterocycles. The average Bonchev–Trinajstić information content (AvgIpc) is 3.22. The molecule has 0 spiro atoms. The fraction of sp³-hybridized carbons (Fsp3) is 0.115. The van der Waals surface area contributed by atoms with Crippen LogP contribution < -0.4 is 15.6 Å². The van der Waals surface area contributed by atoms with Crippen molar-refractivity contribution in [2.45, 2.75) is 6.54 Å². The van der Waals surface area contributed by atoms with Crippen molar-refractivity contribution in [1.82, 2.24) is 4.57 Å². The molecule has 5 rings (SSSR count). The molecule has 3 aromatic carbocycles. The molecule has 0 aliphatic heterocycles. The molecule has 0 aliphatic carbocycles. The summed E-state index contributed by atoms with van der Waals surface area (Å²) < 4.78 is 13.4. The minimum atomic E-state index is -0.0944. The zero-order valence-corrected chi connectivity index (χ0v) is 17.4. The number of methoxy groups -OCH3 is 1. The predicted octanol–water partition coefficient (Wildman–Crippen LogP) is 5.57. The number of aryl methyl sites for hydroxylation is 1. The number of fused-ring (bicyclic) bond motifs is 3. The third kappa shape index (κ3) is 3.24. The first-order chi connectivity index (χ1) is 15.2. The zero-order valence-electron chi connectivity index (χ0n) is 17.4. The van der Waals surface area contributed by atoms with Crippen molar-refractivity contribution >= 4 is 27.8 Å². The molecule has 5 nitrogen and oxygen atoms in total. The van der Waals surface area contributed by atoms with Gasteiger partial charge in [-0.3, -0.25) is 4.79 Å². The summed E-state index contributed by atoms with van der Waals surface area (Å²) in [4.78, 5) is 13.4. The molecule has 0 bridgehead atoms.